The van der Waals surface area contributed by atoms with Crippen LogP contribution < -0.4 is 0 Å². The minimum absolute atomic E-state index is 0.0625. The lowest BCUT2D eigenvalue weighted by molar-refractivity contribution is -0.110. The topological polar surface area (TPSA) is 79.2 Å². The normalized spacial score (nSPS) is 18.1. The molecule has 1 heterocycles. The number of benzene rings is 5. The van der Waals surface area contributed by atoms with E-state index < -0.39 is 29.7 Å². The Morgan fingerprint density at radius 2 is 0.800 bits per heavy atom. The molecule has 40 heavy (non-hydrogen) atoms. The largest absolute Gasteiger partial charge is 0.508 e. The SMILES string of the molecule is Oc1cccc(C2O[C@@H](C(O)(c3ccccc3)c3ccccc3)[C@H](C(O)(c3ccccc3)c3ccccc3)O2)c1. The van der Waals surface area contributed by atoms with Crippen LogP contribution in [0.5, 0.6) is 5.75 Å². The third kappa shape index (κ3) is 4.49. The van der Waals surface area contributed by atoms with Gasteiger partial charge in [0, 0.05) is 5.56 Å². The highest BCUT2D eigenvalue weighted by Gasteiger charge is 2.59. The summed E-state index contributed by atoms with van der Waals surface area (Å²) in [5.74, 6) is 0.0625. The summed E-state index contributed by atoms with van der Waals surface area (Å²) in [6, 6.07) is 43.9. The summed E-state index contributed by atoms with van der Waals surface area (Å²) in [6.45, 7) is 0. The smallest absolute Gasteiger partial charge is 0.185 e. The van der Waals surface area contributed by atoms with Gasteiger partial charge in [0.1, 0.15) is 29.2 Å². The Kier molecular flexibility index (Phi) is 6.96. The summed E-state index contributed by atoms with van der Waals surface area (Å²) in [7, 11) is 0. The summed E-state index contributed by atoms with van der Waals surface area (Å²) in [5, 5.41) is 35.9. The molecule has 1 fully saturated rings. The summed E-state index contributed by atoms with van der Waals surface area (Å²) in [4.78, 5) is 0. The predicted octanol–water partition coefficient (Wildman–Crippen LogP) is 6.05. The summed E-state index contributed by atoms with van der Waals surface area (Å²) in [5.41, 5.74) is -0.467. The quantitative estimate of drug-likeness (QED) is 0.239. The monoisotopic (exact) mass is 530 g/mol. The molecule has 5 heteroatoms. The Morgan fingerprint density at radius 1 is 0.450 bits per heavy atom. The first kappa shape index (κ1) is 26.0. The van der Waals surface area contributed by atoms with Crippen molar-refractivity contribution >= 4 is 0 Å². The van der Waals surface area contributed by atoms with E-state index in [9.17, 15) is 15.3 Å². The maximum atomic E-state index is 12.8. The fraction of sp³-hybridized carbons (Fsp3) is 0.143. The van der Waals surface area contributed by atoms with E-state index in [2.05, 4.69) is 0 Å². The van der Waals surface area contributed by atoms with E-state index in [4.69, 9.17) is 9.47 Å². The molecule has 0 amide bonds. The van der Waals surface area contributed by atoms with E-state index in [-0.39, 0.29) is 5.75 Å². The number of aromatic hydroxyl groups is 1. The lowest BCUT2D eigenvalue weighted by atomic mass is 9.72. The minimum atomic E-state index is -1.71. The van der Waals surface area contributed by atoms with Gasteiger partial charge in [0.15, 0.2) is 6.29 Å². The average Bonchev–Trinajstić information content (AvgIpc) is 3.49. The number of rotatable bonds is 7. The van der Waals surface area contributed by atoms with Gasteiger partial charge in [-0.05, 0) is 34.4 Å². The molecule has 0 aromatic heterocycles. The molecule has 6 rings (SSSR count). The number of hydrogen-bond acceptors (Lipinski definition) is 5. The van der Waals surface area contributed by atoms with Crippen molar-refractivity contribution in [2.24, 2.45) is 0 Å². The standard InChI is InChI=1S/C35H30O5/c36-30-23-13-14-25(24-30)33-39-31(34(37,26-15-5-1-6-16-26)27-17-7-2-8-18-27)32(40-33)35(38,28-19-9-3-10-20-28)29-21-11-4-12-22-29/h1-24,31-33,36-38H/t31-,32-/m1/s1. The summed E-state index contributed by atoms with van der Waals surface area (Å²) < 4.78 is 13.3. The van der Waals surface area contributed by atoms with Crippen molar-refractivity contribution in [3.63, 3.8) is 0 Å². The Hall–Kier alpha value is -4.26. The summed E-state index contributed by atoms with van der Waals surface area (Å²) >= 11 is 0. The van der Waals surface area contributed by atoms with Crippen molar-refractivity contribution in [3.8, 4) is 5.75 Å². The van der Waals surface area contributed by atoms with Crippen molar-refractivity contribution in [2.75, 3.05) is 0 Å². The molecule has 5 aromatic carbocycles. The molecule has 0 bridgehead atoms. The Balaban J connectivity index is 1.60. The van der Waals surface area contributed by atoms with Gasteiger partial charge >= 0.3 is 0 Å². The van der Waals surface area contributed by atoms with Gasteiger partial charge in [-0.2, -0.15) is 0 Å². The molecule has 2 atom stereocenters. The first-order chi connectivity index (χ1) is 19.5. The lowest BCUT2D eigenvalue weighted by Crippen LogP contribution is -2.54. The Morgan fingerprint density at radius 3 is 1.12 bits per heavy atom. The summed E-state index contributed by atoms with van der Waals surface area (Å²) in [6.07, 6.45) is -3.12. The first-order valence-corrected chi connectivity index (χ1v) is 13.3. The van der Waals surface area contributed by atoms with Crippen molar-refractivity contribution in [1.29, 1.82) is 0 Å². The minimum Gasteiger partial charge on any atom is -0.508 e. The molecule has 0 unspecified atom stereocenters. The van der Waals surface area contributed by atoms with E-state index >= 15 is 0 Å². The van der Waals surface area contributed by atoms with Crippen LogP contribution in [-0.2, 0) is 20.7 Å². The highest BCUT2D eigenvalue weighted by Crippen LogP contribution is 2.51. The molecule has 200 valence electrons. The molecule has 1 aliphatic rings. The van der Waals surface area contributed by atoms with Gasteiger partial charge in [-0.1, -0.05) is 133 Å². The molecule has 0 saturated carbocycles. The van der Waals surface area contributed by atoms with Gasteiger partial charge in [-0.3, -0.25) is 0 Å². The average molecular weight is 531 g/mol. The molecular weight excluding hydrogens is 500 g/mol. The maximum Gasteiger partial charge on any atom is 0.185 e. The third-order valence-corrected chi connectivity index (χ3v) is 7.64. The van der Waals surface area contributed by atoms with Crippen molar-refractivity contribution in [2.45, 2.75) is 29.7 Å². The van der Waals surface area contributed by atoms with E-state index in [1.54, 1.807) is 24.3 Å². The van der Waals surface area contributed by atoms with Crippen molar-refractivity contribution in [1.82, 2.24) is 0 Å². The molecular formula is C35H30O5. The zero-order valence-corrected chi connectivity index (χ0v) is 21.7. The van der Waals surface area contributed by atoms with Gasteiger partial charge < -0.3 is 24.8 Å². The first-order valence-electron chi connectivity index (χ1n) is 13.3. The van der Waals surface area contributed by atoms with Crippen molar-refractivity contribution in [3.05, 3.63) is 173 Å². The second-order valence-electron chi connectivity index (χ2n) is 10.0. The molecule has 1 aliphatic heterocycles. The van der Waals surface area contributed by atoms with Gasteiger partial charge in [0.2, 0.25) is 0 Å². The lowest BCUT2D eigenvalue weighted by Gasteiger charge is -2.42. The zero-order valence-electron chi connectivity index (χ0n) is 21.7. The van der Waals surface area contributed by atoms with Crippen LogP contribution in [0.4, 0.5) is 0 Å². The highest BCUT2D eigenvalue weighted by atomic mass is 16.7. The van der Waals surface area contributed by atoms with Crippen LogP contribution in [0.25, 0.3) is 0 Å². The number of aliphatic hydroxyl groups is 2. The Bertz CT molecular complexity index is 1360. The van der Waals surface area contributed by atoms with E-state index in [0.29, 0.717) is 27.8 Å². The molecule has 0 spiro atoms. The van der Waals surface area contributed by atoms with Crippen LogP contribution in [0, 0.1) is 0 Å². The van der Waals surface area contributed by atoms with E-state index in [1.807, 2.05) is 121 Å². The number of ether oxygens (including phenoxy) is 2. The van der Waals surface area contributed by atoms with Crippen LogP contribution in [0.2, 0.25) is 0 Å². The second-order valence-corrected chi connectivity index (χ2v) is 10.0. The number of phenols is 1. The molecule has 0 radical (unpaired) electrons. The number of phenolic OH excluding ortho intramolecular Hbond substituents is 1. The Labute approximate surface area is 233 Å². The molecule has 1 saturated heterocycles. The van der Waals surface area contributed by atoms with Crippen LogP contribution in [0.1, 0.15) is 34.1 Å². The fourth-order valence-electron chi connectivity index (χ4n) is 5.66. The van der Waals surface area contributed by atoms with Crippen LogP contribution >= 0.6 is 0 Å². The molecule has 3 N–H and O–H groups in total. The second kappa shape index (κ2) is 10.7. The number of hydrogen-bond donors (Lipinski definition) is 3. The highest BCUT2D eigenvalue weighted by molar-refractivity contribution is 5.44. The predicted molar refractivity (Wildman–Crippen MR) is 152 cm³/mol. The van der Waals surface area contributed by atoms with E-state index in [0.717, 1.165) is 0 Å². The van der Waals surface area contributed by atoms with Gasteiger partial charge in [0.05, 0.1) is 0 Å². The third-order valence-electron chi connectivity index (χ3n) is 7.64. The van der Waals surface area contributed by atoms with Gasteiger partial charge in [-0.15, -0.1) is 0 Å². The van der Waals surface area contributed by atoms with E-state index in [1.165, 1.54) is 0 Å². The molecule has 5 nitrogen and oxygen atoms in total. The van der Waals surface area contributed by atoms with Crippen LogP contribution in [-0.4, -0.2) is 27.5 Å². The molecule has 0 aliphatic carbocycles. The van der Waals surface area contributed by atoms with Gasteiger partial charge in [-0.25, -0.2) is 0 Å². The molecule has 5 aromatic rings. The van der Waals surface area contributed by atoms with Crippen LogP contribution in [0.3, 0.4) is 0 Å². The van der Waals surface area contributed by atoms with Crippen LogP contribution in [0.15, 0.2) is 146 Å². The van der Waals surface area contributed by atoms with Gasteiger partial charge in [0.25, 0.3) is 0 Å². The van der Waals surface area contributed by atoms with Crippen molar-refractivity contribution < 1.29 is 24.8 Å². The zero-order chi connectivity index (χ0) is 27.6. The fourth-order valence-corrected chi connectivity index (χ4v) is 5.66. The maximum absolute atomic E-state index is 12.8.